The monoisotopic (exact) mass is 1430 g/mol. The highest BCUT2D eigenvalue weighted by Crippen LogP contribution is 2.45. The molecule has 0 amide bonds. The molecule has 0 saturated carbocycles. The standard InChI is InChI=1S/C79H150O17P2/c1-8-11-12-13-14-15-16-17-22-27-30-33-39-48-55-62-78(83)95-75(67-90-77(82)61-54-47-42-41-45-52-59-72(7)10-3)69-94-98(87,88)92-65-73(80)64-91-97(85,86)93-68-74(96-79(84)63-56-49-40-35-34-37-44-51-58-71(6)9-2)66-89-76(81)60-53-46-38-32-29-26-24-21-19-18-20-23-25-28-31-36-43-50-57-70(4)5/h15-17,22,70-75,80H,8-14,18-21,23-69H2,1-7H3,(H,85,86)(H,87,88)/b16-15-,22-17-/t71?,72?,73-,74-,75-/m1/s1. The SMILES string of the molecule is CCCCCC/C=C\C=C/CCCCCCCC(=O)O[C@H](COC(=O)CCCCCCCCC(C)CC)COP(=O)(O)OC[C@H](O)COP(=O)(O)OC[C@@H](COC(=O)CCCCCCCCCCCCCCCCCCCCC(C)C)OC(=O)CCCCCCCCCCC(C)CC. The Labute approximate surface area is 599 Å². The highest BCUT2D eigenvalue weighted by atomic mass is 31.2. The number of phosphoric ester groups is 2. The van der Waals surface area contributed by atoms with Crippen molar-refractivity contribution in [1.82, 2.24) is 0 Å². The van der Waals surface area contributed by atoms with Crippen molar-refractivity contribution in [2.24, 2.45) is 17.8 Å². The summed E-state index contributed by atoms with van der Waals surface area (Å²) < 4.78 is 68.5. The maximum Gasteiger partial charge on any atom is 0.472 e. The van der Waals surface area contributed by atoms with Crippen molar-refractivity contribution in [2.75, 3.05) is 39.6 Å². The summed E-state index contributed by atoms with van der Waals surface area (Å²) in [6.07, 6.45) is 59.2. The lowest BCUT2D eigenvalue weighted by Crippen LogP contribution is -2.30. The molecule has 4 unspecified atom stereocenters. The highest BCUT2D eigenvalue weighted by molar-refractivity contribution is 7.47. The Kier molecular flexibility index (Phi) is 67.2. The average molecular weight is 1430 g/mol. The molecule has 0 spiro atoms. The number of rotatable bonds is 75. The molecule has 0 aromatic heterocycles. The topological polar surface area (TPSA) is 237 Å². The van der Waals surface area contributed by atoms with Crippen LogP contribution in [-0.2, 0) is 65.4 Å². The lowest BCUT2D eigenvalue weighted by molar-refractivity contribution is -0.161. The Morgan fingerprint density at radius 2 is 0.602 bits per heavy atom. The van der Waals surface area contributed by atoms with Crippen LogP contribution >= 0.6 is 15.6 Å². The lowest BCUT2D eigenvalue weighted by Gasteiger charge is -2.21. The van der Waals surface area contributed by atoms with Gasteiger partial charge in [-0.15, -0.1) is 0 Å². The number of hydrogen-bond donors (Lipinski definition) is 3. The number of carbonyl (C=O) groups excluding carboxylic acids is 4. The summed E-state index contributed by atoms with van der Waals surface area (Å²) in [6.45, 7) is 11.8. The van der Waals surface area contributed by atoms with Gasteiger partial charge in [-0.1, -0.05) is 330 Å². The molecule has 3 N–H and O–H groups in total. The molecule has 0 fully saturated rings. The van der Waals surface area contributed by atoms with Crippen LogP contribution < -0.4 is 0 Å². The van der Waals surface area contributed by atoms with Gasteiger partial charge in [-0.3, -0.25) is 37.3 Å². The van der Waals surface area contributed by atoms with E-state index in [0.29, 0.717) is 25.7 Å². The van der Waals surface area contributed by atoms with Crippen LogP contribution in [0.3, 0.4) is 0 Å². The fourth-order valence-electron chi connectivity index (χ4n) is 11.5. The van der Waals surface area contributed by atoms with Crippen LogP contribution in [0.25, 0.3) is 0 Å². The molecule has 0 rings (SSSR count). The number of carbonyl (C=O) groups is 4. The van der Waals surface area contributed by atoms with Crippen LogP contribution in [0.5, 0.6) is 0 Å². The van der Waals surface area contributed by atoms with Gasteiger partial charge in [0.15, 0.2) is 12.2 Å². The number of aliphatic hydroxyl groups excluding tert-OH is 1. The van der Waals surface area contributed by atoms with Gasteiger partial charge in [0.1, 0.15) is 19.3 Å². The molecule has 98 heavy (non-hydrogen) atoms. The molecule has 578 valence electrons. The summed E-state index contributed by atoms with van der Waals surface area (Å²) in [5.41, 5.74) is 0. The van der Waals surface area contributed by atoms with Gasteiger partial charge < -0.3 is 33.8 Å². The Morgan fingerprint density at radius 1 is 0.337 bits per heavy atom. The van der Waals surface area contributed by atoms with Crippen molar-refractivity contribution in [3.05, 3.63) is 24.3 Å². The first-order chi connectivity index (χ1) is 47.3. The molecule has 0 aliphatic carbocycles. The highest BCUT2D eigenvalue weighted by Gasteiger charge is 2.30. The summed E-state index contributed by atoms with van der Waals surface area (Å²) in [6, 6.07) is 0. The van der Waals surface area contributed by atoms with Gasteiger partial charge in [0.2, 0.25) is 0 Å². The molecule has 0 aliphatic heterocycles. The first-order valence-electron chi connectivity index (χ1n) is 40.2. The van der Waals surface area contributed by atoms with E-state index in [1.165, 1.54) is 173 Å². The van der Waals surface area contributed by atoms with E-state index in [9.17, 15) is 43.2 Å². The summed E-state index contributed by atoms with van der Waals surface area (Å²) in [5, 5.41) is 10.6. The zero-order valence-electron chi connectivity index (χ0n) is 63.7. The smallest absolute Gasteiger partial charge is 0.462 e. The first-order valence-corrected chi connectivity index (χ1v) is 43.2. The third-order valence-corrected chi connectivity index (χ3v) is 20.4. The van der Waals surface area contributed by atoms with E-state index < -0.39 is 97.5 Å². The molecule has 17 nitrogen and oxygen atoms in total. The van der Waals surface area contributed by atoms with Crippen molar-refractivity contribution >= 4 is 39.5 Å². The van der Waals surface area contributed by atoms with E-state index in [1.807, 2.05) is 0 Å². The van der Waals surface area contributed by atoms with Gasteiger partial charge in [0, 0.05) is 25.7 Å². The summed E-state index contributed by atoms with van der Waals surface area (Å²) in [4.78, 5) is 72.9. The fraction of sp³-hybridized carbons (Fsp3) is 0.899. The van der Waals surface area contributed by atoms with Crippen molar-refractivity contribution in [2.45, 2.75) is 401 Å². The predicted octanol–water partition coefficient (Wildman–Crippen LogP) is 22.9. The van der Waals surface area contributed by atoms with Crippen molar-refractivity contribution < 1.29 is 80.2 Å². The Bertz CT molecular complexity index is 2000. The van der Waals surface area contributed by atoms with E-state index in [0.717, 1.165) is 127 Å². The fourth-order valence-corrected chi connectivity index (χ4v) is 13.1. The lowest BCUT2D eigenvalue weighted by atomic mass is 9.99. The molecular weight excluding hydrogens is 1280 g/mol. The zero-order chi connectivity index (χ0) is 72.3. The number of ether oxygens (including phenoxy) is 4. The zero-order valence-corrected chi connectivity index (χ0v) is 65.5. The van der Waals surface area contributed by atoms with Crippen molar-refractivity contribution in [1.29, 1.82) is 0 Å². The minimum atomic E-state index is -4.97. The quantitative estimate of drug-likeness (QED) is 0.0169. The molecule has 0 heterocycles. The summed E-state index contributed by atoms with van der Waals surface area (Å²) >= 11 is 0. The molecule has 0 saturated heterocycles. The van der Waals surface area contributed by atoms with Gasteiger partial charge >= 0.3 is 39.5 Å². The number of esters is 4. The van der Waals surface area contributed by atoms with E-state index in [-0.39, 0.29) is 25.7 Å². The maximum atomic E-state index is 13.1. The number of aliphatic hydroxyl groups is 1. The number of hydrogen-bond acceptors (Lipinski definition) is 15. The number of unbranched alkanes of at least 4 members (excludes halogenated alkanes) is 38. The van der Waals surface area contributed by atoms with Crippen LogP contribution in [-0.4, -0.2) is 96.7 Å². The van der Waals surface area contributed by atoms with Gasteiger partial charge in [0.25, 0.3) is 0 Å². The van der Waals surface area contributed by atoms with Crippen LogP contribution in [0.1, 0.15) is 382 Å². The maximum absolute atomic E-state index is 13.1. The van der Waals surface area contributed by atoms with E-state index in [4.69, 9.17) is 37.0 Å². The molecule has 0 bridgehead atoms. The second-order valence-corrected chi connectivity index (χ2v) is 31.6. The van der Waals surface area contributed by atoms with Gasteiger partial charge in [-0.25, -0.2) is 9.13 Å². The van der Waals surface area contributed by atoms with Crippen LogP contribution in [0, 0.1) is 17.8 Å². The Hall–Kier alpha value is -2.46. The molecule has 0 aliphatic rings. The van der Waals surface area contributed by atoms with E-state index >= 15 is 0 Å². The molecular formula is C79H150O17P2. The average Bonchev–Trinajstić information content (AvgIpc) is 0.952. The number of allylic oxidation sites excluding steroid dienone is 4. The minimum Gasteiger partial charge on any atom is -0.462 e. The molecule has 0 radical (unpaired) electrons. The molecule has 7 atom stereocenters. The number of phosphoric acid groups is 2. The van der Waals surface area contributed by atoms with Crippen LogP contribution in [0.15, 0.2) is 24.3 Å². The Morgan fingerprint density at radius 3 is 0.908 bits per heavy atom. The van der Waals surface area contributed by atoms with E-state index in [2.05, 4.69) is 72.8 Å². The summed E-state index contributed by atoms with van der Waals surface area (Å²) in [7, 11) is -9.93. The van der Waals surface area contributed by atoms with Gasteiger partial charge in [0.05, 0.1) is 26.4 Å². The second kappa shape index (κ2) is 68.9. The second-order valence-electron chi connectivity index (χ2n) is 28.7. The Balaban J connectivity index is 5.22. The molecule has 0 aromatic rings. The normalized spacial score (nSPS) is 14.7. The summed E-state index contributed by atoms with van der Waals surface area (Å²) in [5.74, 6) is 0.169. The van der Waals surface area contributed by atoms with Crippen molar-refractivity contribution in [3.8, 4) is 0 Å². The van der Waals surface area contributed by atoms with Crippen LogP contribution in [0.2, 0.25) is 0 Å². The largest absolute Gasteiger partial charge is 0.472 e. The van der Waals surface area contributed by atoms with Crippen molar-refractivity contribution in [3.63, 3.8) is 0 Å². The third-order valence-electron chi connectivity index (χ3n) is 18.5. The third kappa shape index (κ3) is 69.3. The van der Waals surface area contributed by atoms with Gasteiger partial charge in [-0.2, -0.15) is 0 Å². The minimum absolute atomic E-state index is 0.0839. The predicted molar refractivity (Wildman–Crippen MR) is 400 cm³/mol. The first kappa shape index (κ1) is 95.5. The van der Waals surface area contributed by atoms with E-state index in [1.54, 1.807) is 0 Å². The molecule has 0 aromatic carbocycles. The molecule has 19 heteroatoms. The van der Waals surface area contributed by atoms with Crippen LogP contribution in [0.4, 0.5) is 0 Å². The van der Waals surface area contributed by atoms with Gasteiger partial charge in [-0.05, 0) is 69.1 Å².